The zero-order valence-corrected chi connectivity index (χ0v) is 15.0. The van der Waals surface area contributed by atoms with Gasteiger partial charge in [0.25, 0.3) is 0 Å². The maximum atomic E-state index is 12.3. The van der Waals surface area contributed by atoms with Crippen LogP contribution in [0.2, 0.25) is 0 Å². The van der Waals surface area contributed by atoms with Crippen LogP contribution in [0.3, 0.4) is 0 Å². The Morgan fingerprint density at radius 2 is 1.83 bits per heavy atom. The summed E-state index contributed by atoms with van der Waals surface area (Å²) in [4.78, 5) is 15.4. The summed E-state index contributed by atoms with van der Waals surface area (Å²) >= 11 is 0. The van der Waals surface area contributed by atoms with E-state index in [4.69, 9.17) is 0 Å². The summed E-state index contributed by atoms with van der Waals surface area (Å²) in [5, 5.41) is 0. The lowest BCUT2D eigenvalue weighted by molar-refractivity contribution is 0.563. The standard InChI is InChI=1S/C17H23N3O3S/c1-17(2,3)14-6-8-15(9-7-14)24(22,23)19-11-5-13-20-12-4-10-18-16(20)21/h4,6-10,12,19H,5,11,13H2,1-3H3. The van der Waals surface area contributed by atoms with E-state index in [1.807, 2.05) is 12.1 Å². The van der Waals surface area contributed by atoms with Gasteiger partial charge in [0.05, 0.1) is 4.90 Å². The molecule has 0 aliphatic rings. The molecule has 0 atom stereocenters. The Morgan fingerprint density at radius 3 is 2.42 bits per heavy atom. The molecule has 0 bridgehead atoms. The molecule has 1 aromatic carbocycles. The lowest BCUT2D eigenvalue weighted by Gasteiger charge is -2.19. The number of sulfonamides is 1. The molecular formula is C17H23N3O3S. The molecule has 0 saturated heterocycles. The predicted molar refractivity (Wildman–Crippen MR) is 93.4 cm³/mol. The zero-order chi connectivity index (χ0) is 17.8. The molecule has 7 heteroatoms. The van der Waals surface area contributed by atoms with Gasteiger partial charge in [0, 0.05) is 25.5 Å². The van der Waals surface area contributed by atoms with Gasteiger partial charge in [0.2, 0.25) is 10.0 Å². The second-order valence-electron chi connectivity index (χ2n) is 6.62. The molecule has 130 valence electrons. The topological polar surface area (TPSA) is 81.1 Å². The maximum absolute atomic E-state index is 12.3. The molecular weight excluding hydrogens is 326 g/mol. The van der Waals surface area contributed by atoms with Crippen molar-refractivity contribution in [3.63, 3.8) is 0 Å². The molecule has 1 N–H and O–H groups in total. The summed E-state index contributed by atoms with van der Waals surface area (Å²) < 4.78 is 28.6. The number of aryl methyl sites for hydroxylation is 1. The first-order valence-electron chi connectivity index (χ1n) is 7.82. The van der Waals surface area contributed by atoms with Gasteiger partial charge >= 0.3 is 5.69 Å². The SMILES string of the molecule is CC(C)(C)c1ccc(S(=O)(=O)NCCCn2cccnc2=O)cc1. The Hall–Kier alpha value is -1.99. The zero-order valence-electron chi connectivity index (χ0n) is 14.2. The highest BCUT2D eigenvalue weighted by molar-refractivity contribution is 7.89. The fourth-order valence-electron chi connectivity index (χ4n) is 2.23. The average Bonchev–Trinajstić information content (AvgIpc) is 2.52. The molecule has 0 amide bonds. The highest BCUT2D eigenvalue weighted by atomic mass is 32.2. The fourth-order valence-corrected chi connectivity index (χ4v) is 3.30. The first kappa shape index (κ1) is 18.4. The van der Waals surface area contributed by atoms with E-state index in [1.54, 1.807) is 24.4 Å². The van der Waals surface area contributed by atoms with E-state index < -0.39 is 10.0 Å². The first-order chi connectivity index (χ1) is 11.2. The van der Waals surface area contributed by atoms with Crippen LogP contribution in [0.25, 0.3) is 0 Å². The second-order valence-corrected chi connectivity index (χ2v) is 8.39. The number of nitrogens with zero attached hydrogens (tertiary/aromatic N) is 2. The van der Waals surface area contributed by atoms with Crippen molar-refractivity contribution >= 4 is 10.0 Å². The van der Waals surface area contributed by atoms with Crippen molar-refractivity contribution in [1.29, 1.82) is 0 Å². The monoisotopic (exact) mass is 349 g/mol. The Kier molecular flexibility index (Phi) is 5.56. The van der Waals surface area contributed by atoms with Crippen molar-refractivity contribution in [1.82, 2.24) is 14.3 Å². The minimum Gasteiger partial charge on any atom is -0.299 e. The molecule has 0 aliphatic heterocycles. The highest BCUT2D eigenvalue weighted by Crippen LogP contribution is 2.23. The van der Waals surface area contributed by atoms with Crippen LogP contribution in [0.5, 0.6) is 0 Å². The molecule has 2 rings (SSSR count). The lowest BCUT2D eigenvalue weighted by Crippen LogP contribution is -2.27. The van der Waals surface area contributed by atoms with Crippen LogP contribution in [0.1, 0.15) is 32.8 Å². The molecule has 0 spiro atoms. The summed E-state index contributed by atoms with van der Waals surface area (Å²) in [5.41, 5.74) is 0.725. The first-order valence-corrected chi connectivity index (χ1v) is 9.30. The van der Waals surface area contributed by atoms with Crippen LogP contribution in [0.15, 0.2) is 52.4 Å². The van der Waals surface area contributed by atoms with E-state index in [-0.39, 0.29) is 22.5 Å². The van der Waals surface area contributed by atoms with Gasteiger partial charge in [-0.05, 0) is 35.6 Å². The lowest BCUT2D eigenvalue weighted by atomic mass is 9.87. The number of rotatable bonds is 6. The summed E-state index contributed by atoms with van der Waals surface area (Å²) in [6.07, 6.45) is 3.57. The number of hydrogen-bond acceptors (Lipinski definition) is 4. The number of benzene rings is 1. The Balaban J connectivity index is 1.94. The molecule has 0 aliphatic carbocycles. The van der Waals surface area contributed by atoms with Crippen molar-refractivity contribution in [3.05, 3.63) is 58.8 Å². The fraction of sp³-hybridized carbons (Fsp3) is 0.412. The van der Waals surface area contributed by atoms with E-state index in [1.165, 1.54) is 10.8 Å². The summed E-state index contributed by atoms with van der Waals surface area (Å²) in [6.45, 7) is 6.91. The molecule has 2 aromatic rings. The van der Waals surface area contributed by atoms with Gasteiger partial charge in [0.15, 0.2) is 0 Å². The minimum atomic E-state index is -3.54. The van der Waals surface area contributed by atoms with Crippen molar-refractivity contribution in [2.45, 2.75) is 44.0 Å². The third-order valence-corrected chi connectivity index (χ3v) is 5.16. The van der Waals surface area contributed by atoms with Gasteiger partial charge in [-0.2, -0.15) is 0 Å². The third-order valence-electron chi connectivity index (χ3n) is 3.68. The van der Waals surface area contributed by atoms with Crippen LogP contribution >= 0.6 is 0 Å². The number of hydrogen-bond donors (Lipinski definition) is 1. The summed E-state index contributed by atoms with van der Waals surface area (Å²) in [5.74, 6) is 0. The van der Waals surface area contributed by atoms with E-state index >= 15 is 0 Å². The molecule has 1 aromatic heterocycles. The minimum absolute atomic E-state index is 0.0211. The Morgan fingerprint density at radius 1 is 1.17 bits per heavy atom. The molecule has 0 saturated carbocycles. The van der Waals surface area contributed by atoms with E-state index in [0.717, 1.165) is 5.56 Å². The van der Waals surface area contributed by atoms with Gasteiger partial charge in [-0.1, -0.05) is 32.9 Å². The van der Waals surface area contributed by atoms with Crippen LogP contribution in [-0.2, 0) is 22.0 Å². The normalized spacial score (nSPS) is 12.3. The van der Waals surface area contributed by atoms with Gasteiger partial charge in [0.1, 0.15) is 0 Å². The summed E-state index contributed by atoms with van der Waals surface area (Å²) in [6, 6.07) is 8.58. The van der Waals surface area contributed by atoms with Crippen molar-refractivity contribution in [2.75, 3.05) is 6.54 Å². The van der Waals surface area contributed by atoms with Crippen LogP contribution in [-0.4, -0.2) is 24.5 Å². The molecule has 6 nitrogen and oxygen atoms in total. The summed E-state index contributed by atoms with van der Waals surface area (Å²) in [7, 11) is -3.54. The number of aromatic nitrogens is 2. The van der Waals surface area contributed by atoms with Gasteiger partial charge in [-0.3, -0.25) is 4.57 Å². The molecule has 0 radical (unpaired) electrons. The van der Waals surface area contributed by atoms with E-state index in [9.17, 15) is 13.2 Å². The Bertz CT molecular complexity index is 834. The van der Waals surface area contributed by atoms with Crippen molar-refractivity contribution in [2.24, 2.45) is 0 Å². The third kappa shape index (κ3) is 4.75. The largest absolute Gasteiger partial charge is 0.347 e. The smallest absolute Gasteiger partial charge is 0.299 e. The van der Waals surface area contributed by atoms with Crippen LogP contribution in [0.4, 0.5) is 0 Å². The second kappa shape index (κ2) is 7.27. The van der Waals surface area contributed by atoms with E-state index in [2.05, 4.69) is 30.5 Å². The maximum Gasteiger partial charge on any atom is 0.347 e. The van der Waals surface area contributed by atoms with Crippen molar-refractivity contribution < 1.29 is 8.42 Å². The van der Waals surface area contributed by atoms with Crippen LogP contribution < -0.4 is 10.4 Å². The van der Waals surface area contributed by atoms with Gasteiger partial charge in [-0.15, -0.1) is 0 Å². The van der Waals surface area contributed by atoms with Crippen molar-refractivity contribution in [3.8, 4) is 0 Å². The van der Waals surface area contributed by atoms with Crippen LogP contribution in [0, 0.1) is 0 Å². The molecule has 0 fully saturated rings. The highest BCUT2D eigenvalue weighted by Gasteiger charge is 2.17. The predicted octanol–water partition coefficient (Wildman–Crippen LogP) is 1.91. The quantitative estimate of drug-likeness (QED) is 0.808. The Labute approximate surface area is 142 Å². The van der Waals surface area contributed by atoms with Gasteiger partial charge in [-0.25, -0.2) is 22.9 Å². The average molecular weight is 349 g/mol. The molecule has 24 heavy (non-hydrogen) atoms. The molecule has 1 heterocycles. The van der Waals surface area contributed by atoms with Gasteiger partial charge < -0.3 is 0 Å². The number of nitrogens with one attached hydrogen (secondary N) is 1. The molecule has 0 unspecified atom stereocenters. The van der Waals surface area contributed by atoms with E-state index in [0.29, 0.717) is 13.0 Å².